The van der Waals surface area contributed by atoms with Gasteiger partial charge in [0.05, 0.1) is 24.0 Å². The van der Waals surface area contributed by atoms with E-state index >= 15 is 0 Å². The normalized spacial score (nSPS) is 12.1. The maximum absolute atomic E-state index is 11.1. The first-order valence-corrected chi connectivity index (χ1v) is 12.1. The average Bonchev–Trinajstić information content (AvgIpc) is 3.09. The number of rotatable bonds is 6. The molecule has 0 saturated carbocycles. The van der Waals surface area contributed by atoms with Crippen LogP contribution in [0, 0.1) is 0 Å². The molecule has 0 fully saturated rings. The fraction of sp³-hybridized carbons (Fsp3) is 0.0690. The van der Waals surface area contributed by atoms with Gasteiger partial charge < -0.3 is 26.2 Å². The Kier molecular flexibility index (Phi) is 5.96. The second-order valence-electron chi connectivity index (χ2n) is 8.99. The van der Waals surface area contributed by atoms with Gasteiger partial charge in [-0.2, -0.15) is 9.97 Å². The van der Waals surface area contributed by atoms with Crippen molar-refractivity contribution in [3.63, 3.8) is 0 Å². The van der Waals surface area contributed by atoms with Gasteiger partial charge >= 0.3 is 5.97 Å². The van der Waals surface area contributed by atoms with E-state index in [9.17, 15) is 4.79 Å². The first kappa shape index (κ1) is 23.9. The molecule has 0 unspecified atom stereocenters. The van der Waals surface area contributed by atoms with Crippen LogP contribution in [-0.4, -0.2) is 31.0 Å². The second-order valence-corrected chi connectivity index (χ2v) is 8.99. The molecule has 6 rings (SSSR count). The lowest BCUT2D eigenvalue weighted by atomic mass is 10.1. The highest BCUT2D eigenvalue weighted by Gasteiger charge is 2.20. The zero-order valence-electron chi connectivity index (χ0n) is 20.7. The zero-order chi connectivity index (χ0) is 26.9. The number of para-hydroxylation sites is 1. The van der Waals surface area contributed by atoms with Gasteiger partial charge in [0, 0.05) is 16.9 Å². The Morgan fingerprint density at radius 3 is 2.49 bits per heavy atom. The van der Waals surface area contributed by atoms with E-state index in [1.807, 2.05) is 30.3 Å². The number of aromatic nitrogens is 4. The predicted octanol–water partition coefficient (Wildman–Crippen LogP) is 4.68. The van der Waals surface area contributed by atoms with Gasteiger partial charge in [-0.3, -0.25) is 0 Å². The number of fused-ring (bicyclic) bond motifs is 3. The molecular formula is C29H23N7O3. The SMILES string of the molecule is Nc1nc(N)c2nc(CN3c4ccccc4C=Cc4cc(OCc5ccc(C(=O)O)cc5)ccc43)cnc2n1. The molecule has 3 heterocycles. The van der Waals surface area contributed by atoms with Gasteiger partial charge in [-0.05, 0) is 47.5 Å². The summed E-state index contributed by atoms with van der Waals surface area (Å²) in [4.78, 5) is 30.5. The molecule has 1 aliphatic rings. The van der Waals surface area contributed by atoms with Crippen LogP contribution in [0.5, 0.6) is 5.75 Å². The number of nitrogen functional groups attached to an aromatic ring is 2. The number of ether oxygens (including phenoxy) is 1. The van der Waals surface area contributed by atoms with E-state index in [2.05, 4.69) is 44.1 Å². The van der Waals surface area contributed by atoms with Gasteiger partial charge in [0.1, 0.15) is 12.4 Å². The van der Waals surface area contributed by atoms with Crippen LogP contribution in [0.2, 0.25) is 0 Å². The molecule has 0 spiro atoms. The Morgan fingerprint density at radius 1 is 0.897 bits per heavy atom. The zero-order valence-corrected chi connectivity index (χ0v) is 20.7. The highest BCUT2D eigenvalue weighted by Crippen LogP contribution is 2.39. The smallest absolute Gasteiger partial charge is 0.335 e. The summed E-state index contributed by atoms with van der Waals surface area (Å²) in [5.74, 6) is -0.0234. The average molecular weight is 518 g/mol. The molecule has 0 radical (unpaired) electrons. The number of nitrogens with two attached hydrogens (primary N) is 2. The van der Waals surface area contributed by atoms with Gasteiger partial charge in [0.15, 0.2) is 17.0 Å². The second kappa shape index (κ2) is 9.75. The van der Waals surface area contributed by atoms with Gasteiger partial charge in [-0.15, -0.1) is 0 Å². The molecular weight excluding hydrogens is 494 g/mol. The molecule has 5 aromatic rings. The number of carboxylic acids is 1. The minimum absolute atomic E-state index is 0.0544. The minimum atomic E-state index is -0.957. The number of carboxylic acid groups (broad SMARTS) is 1. The van der Waals surface area contributed by atoms with E-state index in [4.69, 9.17) is 26.3 Å². The first-order valence-electron chi connectivity index (χ1n) is 12.1. The van der Waals surface area contributed by atoms with Crippen LogP contribution < -0.4 is 21.1 Å². The highest BCUT2D eigenvalue weighted by atomic mass is 16.5. The Labute approximate surface area is 223 Å². The third-order valence-electron chi connectivity index (χ3n) is 6.39. The molecule has 0 aliphatic carbocycles. The van der Waals surface area contributed by atoms with Crippen molar-refractivity contribution in [2.45, 2.75) is 13.2 Å². The van der Waals surface area contributed by atoms with Crippen molar-refractivity contribution < 1.29 is 14.6 Å². The summed E-state index contributed by atoms with van der Waals surface area (Å²) in [6.45, 7) is 0.738. The molecule has 0 bridgehead atoms. The van der Waals surface area contributed by atoms with Crippen molar-refractivity contribution in [2.24, 2.45) is 0 Å². The van der Waals surface area contributed by atoms with E-state index in [1.165, 1.54) is 0 Å². The van der Waals surface area contributed by atoms with Crippen LogP contribution in [0.25, 0.3) is 23.3 Å². The molecule has 0 amide bonds. The lowest BCUT2D eigenvalue weighted by Crippen LogP contribution is -2.19. The summed E-state index contributed by atoms with van der Waals surface area (Å²) in [6.07, 6.45) is 5.80. The van der Waals surface area contributed by atoms with Gasteiger partial charge in [0.25, 0.3) is 0 Å². The fourth-order valence-electron chi connectivity index (χ4n) is 4.49. The van der Waals surface area contributed by atoms with Gasteiger partial charge in [-0.25, -0.2) is 14.8 Å². The summed E-state index contributed by atoms with van der Waals surface area (Å²) >= 11 is 0. The lowest BCUT2D eigenvalue weighted by molar-refractivity contribution is 0.0697. The summed E-state index contributed by atoms with van der Waals surface area (Å²) in [5.41, 5.74) is 18.3. The number of benzene rings is 3. The molecule has 192 valence electrons. The van der Waals surface area contributed by atoms with Crippen LogP contribution in [0.3, 0.4) is 0 Å². The summed E-state index contributed by atoms with van der Waals surface area (Å²) in [5, 5.41) is 9.10. The molecule has 39 heavy (non-hydrogen) atoms. The summed E-state index contributed by atoms with van der Waals surface area (Å²) in [7, 11) is 0. The third kappa shape index (κ3) is 4.78. The van der Waals surface area contributed by atoms with Crippen LogP contribution in [0.1, 0.15) is 32.7 Å². The third-order valence-corrected chi connectivity index (χ3v) is 6.39. The summed E-state index contributed by atoms with van der Waals surface area (Å²) in [6, 6.07) is 20.7. The largest absolute Gasteiger partial charge is 0.489 e. The van der Waals surface area contributed by atoms with Crippen LogP contribution in [0.15, 0.2) is 72.9 Å². The monoisotopic (exact) mass is 517 g/mol. The number of anilines is 4. The van der Waals surface area contributed by atoms with Crippen molar-refractivity contribution >= 4 is 52.4 Å². The molecule has 0 saturated heterocycles. The first-order chi connectivity index (χ1) is 18.9. The Bertz CT molecular complexity index is 1750. The van der Waals surface area contributed by atoms with E-state index in [0.717, 1.165) is 28.1 Å². The van der Waals surface area contributed by atoms with E-state index in [1.54, 1.807) is 30.5 Å². The number of aromatic carboxylic acids is 1. The van der Waals surface area contributed by atoms with Crippen molar-refractivity contribution in [2.75, 3.05) is 16.4 Å². The number of hydrogen-bond acceptors (Lipinski definition) is 9. The molecule has 3 aromatic carbocycles. The van der Waals surface area contributed by atoms with E-state index < -0.39 is 5.97 Å². The van der Waals surface area contributed by atoms with Crippen molar-refractivity contribution in [1.82, 2.24) is 19.9 Å². The van der Waals surface area contributed by atoms with Gasteiger partial charge in [0.2, 0.25) is 5.95 Å². The van der Waals surface area contributed by atoms with E-state index in [0.29, 0.717) is 35.8 Å². The maximum atomic E-state index is 11.1. The topological polar surface area (TPSA) is 153 Å². The molecule has 2 aromatic heterocycles. The van der Waals surface area contributed by atoms with Crippen molar-refractivity contribution in [3.8, 4) is 5.75 Å². The van der Waals surface area contributed by atoms with Crippen molar-refractivity contribution in [3.05, 3.63) is 101 Å². The van der Waals surface area contributed by atoms with Crippen LogP contribution in [-0.2, 0) is 13.2 Å². The van der Waals surface area contributed by atoms with Gasteiger partial charge in [-0.1, -0.05) is 42.5 Å². The predicted molar refractivity (Wildman–Crippen MR) is 149 cm³/mol. The van der Waals surface area contributed by atoms with Crippen molar-refractivity contribution in [1.29, 1.82) is 0 Å². The van der Waals surface area contributed by atoms with Crippen LogP contribution in [0.4, 0.5) is 23.1 Å². The molecule has 1 aliphatic heterocycles. The maximum Gasteiger partial charge on any atom is 0.335 e. The quantitative estimate of drug-likeness (QED) is 0.289. The number of carbonyl (C=O) groups is 1. The molecule has 0 atom stereocenters. The molecule has 5 N–H and O–H groups in total. The Morgan fingerprint density at radius 2 is 1.67 bits per heavy atom. The number of hydrogen-bond donors (Lipinski definition) is 3. The van der Waals surface area contributed by atoms with E-state index in [-0.39, 0.29) is 17.3 Å². The Hall–Kier alpha value is -5.51. The Balaban J connectivity index is 1.31. The number of nitrogens with zero attached hydrogens (tertiary/aromatic N) is 5. The lowest BCUT2D eigenvalue weighted by Gasteiger charge is -2.27. The van der Waals surface area contributed by atoms with Crippen LogP contribution >= 0.6 is 0 Å². The molecule has 10 heteroatoms. The highest BCUT2D eigenvalue weighted by molar-refractivity contribution is 5.89. The standard InChI is InChI=1S/C29H23N7O3/c30-26-25-27(35-29(31)34-26)32-14-21(33-25)15-36-23-4-2-1-3-18(23)9-10-20-13-22(11-12-24(20)36)39-16-17-5-7-19(8-6-17)28(37)38/h1-14H,15-16H2,(H,37,38)(H4,30,31,32,34,35). The minimum Gasteiger partial charge on any atom is -0.489 e. The molecule has 10 nitrogen and oxygen atoms in total. The summed E-state index contributed by atoms with van der Waals surface area (Å²) < 4.78 is 6.04. The fourth-order valence-corrected chi connectivity index (χ4v) is 4.49.